The van der Waals surface area contributed by atoms with E-state index in [4.69, 9.17) is 27.9 Å². The highest BCUT2D eigenvalue weighted by molar-refractivity contribution is 6.35. The van der Waals surface area contributed by atoms with Crippen molar-refractivity contribution < 1.29 is 9.53 Å². The van der Waals surface area contributed by atoms with E-state index in [1.807, 2.05) is 19.1 Å². The summed E-state index contributed by atoms with van der Waals surface area (Å²) in [5.74, 6) is 0.619. The minimum absolute atomic E-state index is 0.142. The molecular formula is C21H23Cl2NO2. The van der Waals surface area contributed by atoms with Gasteiger partial charge in [0, 0.05) is 16.6 Å². The molecule has 0 saturated carbocycles. The van der Waals surface area contributed by atoms with Gasteiger partial charge in [-0.2, -0.15) is 0 Å². The number of amides is 1. The van der Waals surface area contributed by atoms with E-state index in [2.05, 4.69) is 17.4 Å². The quantitative estimate of drug-likeness (QED) is 0.720. The first-order chi connectivity index (χ1) is 12.6. The molecule has 1 unspecified atom stereocenters. The molecule has 138 valence electrons. The molecule has 0 aromatic heterocycles. The first-order valence-corrected chi connectivity index (χ1v) is 9.82. The van der Waals surface area contributed by atoms with E-state index in [0.29, 0.717) is 23.0 Å². The summed E-state index contributed by atoms with van der Waals surface area (Å²) in [6.07, 6.45) is 4.76. The number of fused-ring (bicyclic) bond motifs is 1. The number of aryl methyl sites for hydroxylation is 2. The van der Waals surface area contributed by atoms with Gasteiger partial charge in [-0.15, -0.1) is 0 Å². The van der Waals surface area contributed by atoms with Crippen LogP contribution in [0.15, 0.2) is 36.4 Å². The molecule has 0 bridgehead atoms. The number of hydrogen-bond acceptors (Lipinski definition) is 2. The Balaban J connectivity index is 1.61. The molecule has 0 aliphatic heterocycles. The molecule has 1 aliphatic carbocycles. The molecule has 2 aromatic carbocycles. The van der Waals surface area contributed by atoms with Gasteiger partial charge < -0.3 is 10.1 Å². The van der Waals surface area contributed by atoms with Crippen LogP contribution in [-0.4, -0.2) is 12.0 Å². The second-order valence-electron chi connectivity index (χ2n) is 6.61. The van der Waals surface area contributed by atoms with Crippen LogP contribution in [-0.2, 0) is 24.2 Å². The molecule has 26 heavy (non-hydrogen) atoms. The van der Waals surface area contributed by atoms with Crippen LogP contribution in [0.4, 0.5) is 0 Å². The lowest BCUT2D eigenvalue weighted by atomic mass is 9.92. The number of nitrogens with one attached hydrogen (secondary N) is 1. The Morgan fingerprint density at radius 2 is 1.88 bits per heavy atom. The van der Waals surface area contributed by atoms with Crippen molar-refractivity contribution in [2.45, 2.75) is 51.7 Å². The Morgan fingerprint density at radius 3 is 2.62 bits per heavy atom. The maximum Gasteiger partial charge on any atom is 0.261 e. The van der Waals surface area contributed by atoms with Gasteiger partial charge in [-0.1, -0.05) is 42.3 Å². The van der Waals surface area contributed by atoms with Gasteiger partial charge in [0.1, 0.15) is 5.75 Å². The fourth-order valence-electron chi connectivity index (χ4n) is 3.23. The van der Waals surface area contributed by atoms with Crippen LogP contribution in [0.1, 0.15) is 42.9 Å². The van der Waals surface area contributed by atoms with Gasteiger partial charge in [0.25, 0.3) is 5.91 Å². The lowest BCUT2D eigenvalue weighted by molar-refractivity contribution is -0.128. The minimum atomic E-state index is -0.525. The van der Waals surface area contributed by atoms with Gasteiger partial charge in [-0.25, -0.2) is 0 Å². The van der Waals surface area contributed by atoms with E-state index in [-0.39, 0.29) is 5.91 Å². The summed E-state index contributed by atoms with van der Waals surface area (Å²) in [5, 5.41) is 4.02. The predicted octanol–water partition coefficient (Wildman–Crippen LogP) is 5.35. The number of halogens is 2. The third-order valence-corrected chi connectivity index (χ3v) is 5.32. The normalized spacial score (nSPS) is 14.4. The molecule has 1 aliphatic rings. The highest BCUT2D eigenvalue weighted by Gasteiger charge is 2.19. The zero-order valence-corrected chi connectivity index (χ0v) is 16.4. The molecule has 0 saturated heterocycles. The monoisotopic (exact) mass is 391 g/mol. The Kier molecular flexibility index (Phi) is 6.44. The van der Waals surface area contributed by atoms with Crippen molar-refractivity contribution in [3.8, 4) is 5.75 Å². The summed E-state index contributed by atoms with van der Waals surface area (Å²) >= 11 is 12.1. The summed E-state index contributed by atoms with van der Waals surface area (Å²) in [5.41, 5.74) is 3.57. The predicted molar refractivity (Wildman–Crippen MR) is 106 cm³/mol. The third-order valence-electron chi connectivity index (χ3n) is 4.73. The number of carbonyl (C=O) groups excluding carboxylic acids is 1. The largest absolute Gasteiger partial charge is 0.481 e. The van der Waals surface area contributed by atoms with Crippen LogP contribution in [0.5, 0.6) is 5.75 Å². The van der Waals surface area contributed by atoms with Crippen LogP contribution in [0.2, 0.25) is 10.0 Å². The molecule has 0 heterocycles. The molecule has 5 heteroatoms. The zero-order valence-electron chi connectivity index (χ0n) is 14.9. The van der Waals surface area contributed by atoms with E-state index in [0.717, 1.165) is 24.2 Å². The van der Waals surface area contributed by atoms with Crippen LogP contribution in [0, 0.1) is 0 Å². The Morgan fingerprint density at radius 1 is 1.12 bits per heavy atom. The van der Waals surface area contributed by atoms with Crippen LogP contribution < -0.4 is 10.1 Å². The SMILES string of the molecule is CCC(Oc1ccc2c(c1)CCCC2)C(=O)NCc1ccc(Cl)cc1Cl. The van der Waals surface area contributed by atoms with Gasteiger partial charge in [-0.05, 0) is 73.1 Å². The van der Waals surface area contributed by atoms with E-state index in [9.17, 15) is 4.79 Å². The maximum atomic E-state index is 12.5. The van der Waals surface area contributed by atoms with E-state index < -0.39 is 6.10 Å². The molecule has 2 aromatic rings. The number of ether oxygens (including phenoxy) is 1. The van der Waals surface area contributed by atoms with E-state index in [1.165, 1.54) is 24.0 Å². The summed E-state index contributed by atoms with van der Waals surface area (Å²) < 4.78 is 5.96. The fraction of sp³-hybridized carbons (Fsp3) is 0.381. The molecular weight excluding hydrogens is 369 g/mol. The zero-order chi connectivity index (χ0) is 18.5. The lowest BCUT2D eigenvalue weighted by Crippen LogP contribution is -2.37. The molecule has 1 atom stereocenters. The first kappa shape index (κ1) is 19.1. The molecule has 0 fully saturated rings. The van der Waals surface area contributed by atoms with Crippen LogP contribution >= 0.6 is 23.2 Å². The van der Waals surface area contributed by atoms with Crippen molar-refractivity contribution in [1.29, 1.82) is 0 Å². The van der Waals surface area contributed by atoms with E-state index in [1.54, 1.807) is 12.1 Å². The molecule has 1 N–H and O–H groups in total. The first-order valence-electron chi connectivity index (χ1n) is 9.07. The standard InChI is InChI=1S/C21H23Cl2NO2/c1-2-20(21(25)24-13-16-7-9-17(22)12-19(16)23)26-18-10-8-14-5-3-4-6-15(14)11-18/h7-12,20H,2-6,13H2,1H3,(H,24,25). The fourth-order valence-corrected chi connectivity index (χ4v) is 3.71. The summed E-state index contributed by atoms with van der Waals surface area (Å²) in [4.78, 5) is 12.5. The van der Waals surface area contributed by atoms with Crippen molar-refractivity contribution in [1.82, 2.24) is 5.32 Å². The summed E-state index contributed by atoms with van der Waals surface area (Å²) in [7, 11) is 0. The van der Waals surface area contributed by atoms with Crippen molar-refractivity contribution in [2.75, 3.05) is 0 Å². The number of carbonyl (C=O) groups is 1. The summed E-state index contributed by atoms with van der Waals surface area (Å²) in [6.45, 7) is 2.29. The van der Waals surface area contributed by atoms with Gasteiger partial charge in [0.05, 0.1) is 0 Å². The van der Waals surface area contributed by atoms with Gasteiger partial charge in [0.2, 0.25) is 0 Å². The minimum Gasteiger partial charge on any atom is -0.481 e. The Hall–Kier alpha value is -1.71. The van der Waals surface area contributed by atoms with Crippen molar-refractivity contribution in [3.05, 3.63) is 63.1 Å². The van der Waals surface area contributed by atoms with Crippen LogP contribution in [0.3, 0.4) is 0 Å². The smallest absolute Gasteiger partial charge is 0.261 e. The number of hydrogen-bond donors (Lipinski definition) is 1. The van der Waals surface area contributed by atoms with Gasteiger partial charge in [-0.3, -0.25) is 4.79 Å². The second kappa shape index (κ2) is 8.79. The highest BCUT2D eigenvalue weighted by Crippen LogP contribution is 2.26. The summed E-state index contributed by atoms with van der Waals surface area (Å²) in [6, 6.07) is 11.4. The average Bonchev–Trinajstić information content (AvgIpc) is 2.65. The van der Waals surface area contributed by atoms with Crippen molar-refractivity contribution in [2.24, 2.45) is 0 Å². The van der Waals surface area contributed by atoms with Crippen molar-refractivity contribution in [3.63, 3.8) is 0 Å². The Labute approximate surface area is 164 Å². The molecule has 1 amide bonds. The van der Waals surface area contributed by atoms with E-state index >= 15 is 0 Å². The number of rotatable bonds is 6. The van der Waals surface area contributed by atoms with Crippen LogP contribution in [0.25, 0.3) is 0 Å². The van der Waals surface area contributed by atoms with Crippen molar-refractivity contribution >= 4 is 29.1 Å². The lowest BCUT2D eigenvalue weighted by Gasteiger charge is -2.20. The Bertz CT molecular complexity index is 792. The topological polar surface area (TPSA) is 38.3 Å². The molecule has 3 rings (SSSR count). The maximum absolute atomic E-state index is 12.5. The number of benzene rings is 2. The van der Waals surface area contributed by atoms with Gasteiger partial charge in [0.15, 0.2) is 6.10 Å². The highest BCUT2D eigenvalue weighted by atomic mass is 35.5. The van der Waals surface area contributed by atoms with Gasteiger partial charge >= 0.3 is 0 Å². The molecule has 0 spiro atoms. The average molecular weight is 392 g/mol. The molecule has 0 radical (unpaired) electrons. The third kappa shape index (κ3) is 4.72. The molecule has 3 nitrogen and oxygen atoms in total. The second-order valence-corrected chi connectivity index (χ2v) is 7.45.